The van der Waals surface area contributed by atoms with Gasteiger partial charge in [0.15, 0.2) is 0 Å². The van der Waals surface area contributed by atoms with Crippen molar-refractivity contribution in [1.82, 2.24) is 9.88 Å². The first-order chi connectivity index (χ1) is 11.5. The molecule has 7 heteroatoms. The lowest BCUT2D eigenvalue weighted by Crippen LogP contribution is -2.34. The Morgan fingerprint density at radius 3 is 2.83 bits per heavy atom. The second-order valence-electron chi connectivity index (χ2n) is 5.68. The Bertz CT molecular complexity index is 527. The van der Waals surface area contributed by atoms with E-state index in [-0.39, 0.29) is 24.5 Å². The molecule has 1 aromatic rings. The quantitative estimate of drug-likeness (QED) is 0.450. The molecule has 6 nitrogen and oxygen atoms in total. The van der Waals surface area contributed by atoms with Crippen LogP contribution in [0.1, 0.15) is 38.0 Å². The summed E-state index contributed by atoms with van der Waals surface area (Å²) in [5.41, 5.74) is 0.798. The van der Waals surface area contributed by atoms with Crippen LogP contribution in [0.15, 0.2) is 18.3 Å². The summed E-state index contributed by atoms with van der Waals surface area (Å²) in [5, 5.41) is 0.629. The Hall–Kier alpha value is -1.66. The molecule has 0 radical (unpaired) electrons. The van der Waals surface area contributed by atoms with Crippen molar-refractivity contribution in [2.24, 2.45) is 5.92 Å². The molecule has 0 aromatic carbocycles. The lowest BCUT2D eigenvalue weighted by Gasteiger charge is -2.21. The number of aromatic nitrogens is 1. The van der Waals surface area contributed by atoms with Crippen molar-refractivity contribution < 1.29 is 19.1 Å². The van der Waals surface area contributed by atoms with Crippen LogP contribution in [-0.2, 0) is 19.1 Å². The largest absolute Gasteiger partial charge is 0.466 e. The molecule has 0 bridgehead atoms. The molecule has 1 aromatic heterocycles. The van der Waals surface area contributed by atoms with Crippen LogP contribution in [0.4, 0.5) is 0 Å². The van der Waals surface area contributed by atoms with Gasteiger partial charge in [-0.1, -0.05) is 18.5 Å². The molecule has 2 unspecified atom stereocenters. The van der Waals surface area contributed by atoms with Crippen LogP contribution in [0.5, 0.6) is 0 Å². The highest BCUT2D eigenvalue weighted by Crippen LogP contribution is 2.24. The standard InChI is InChI=1S/C17H25ClN2O4/c1-13(17(22)20(2)9-10-24-12-21)5-4-6-16(23-3)15-11-14(18)7-8-19-15/h7-8,11-13,16H,4-6,9-10H2,1-3H3. The fourth-order valence-corrected chi connectivity index (χ4v) is 2.61. The topological polar surface area (TPSA) is 68.7 Å². The molecule has 0 aliphatic carbocycles. The third kappa shape index (κ3) is 6.84. The SMILES string of the molecule is COC(CCCC(C)C(=O)N(C)CCOC=O)c1cc(Cl)ccn1. The van der Waals surface area contributed by atoms with Gasteiger partial charge in [-0.2, -0.15) is 0 Å². The number of carbonyl (C=O) groups excluding carboxylic acids is 2. The van der Waals surface area contributed by atoms with Crippen molar-refractivity contribution in [3.63, 3.8) is 0 Å². The van der Waals surface area contributed by atoms with Crippen LogP contribution in [0.25, 0.3) is 0 Å². The number of carbonyl (C=O) groups is 2. The average Bonchev–Trinajstić information content (AvgIpc) is 2.58. The van der Waals surface area contributed by atoms with Gasteiger partial charge in [-0.3, -0.25) is 14.6 Å². The molecular formula is C17H25ClN2O4. The van der Waals surface area contributed by atoms with E-state index in [0.717, 1.165) is 25.0 Å². The van der Waals surface area contributed by atoms with Gasteiger partial charge in [0.05, 0.1) is 18.3 Å². The zero-order valence-corrected chi connectivity index (χ0v) is 15.2. The van der Waals surface area contributed by atoms with E-state index in [1.165, 1.54) is 0 Å². The van der Waals surface area contributed by atoms with Crippen LogP contribution in [-0.4, -0.2) is 49.6 Å². The van der Waals surface area contributed by atoms with Gasteiger partial charge < -0.3 is 14.4 Å². The minimum Gasteiger partial charge on any atom is -0.466 e. The summed E-state index contributed by atoms with van der Waals surface area (Å²) in [5.74, 6) is -0.0598. The number of ether oxygens (including phenoxy) is 2. The van der Waals surface area contributed by atoms with Crippen LogP contribution < -0.4 is 0 Å². The third-order valence-corrected chi connectivity index (χ3v) is 4.11. The maximum absolute atomic E-state index is 12.2. The molecule has 2 atom stereocenters. The van der Waals surface area contributed by atoms with E-state index in [0.29, 0.717) is 18.0 Å². The van der Waals surface area contributed by atoms with E-state index in [2.05, 4.69) is 9.72 Å². The van der Waals surface area contributed by atoms with Gasteiger partial charge >= 0.3 is 0 Å². The molecule has 24 heavy (non-hydrogen) atoms. The molecule has 0 aliphatic heterocycles. The van der Waals surface area contributed by atoms with E-state index >= 15 is 0 Å². The lowest BCUT2D eigenvalue weighted by molar-refractivity contribution is -0.137. The number of methoxy groups -OCH3 is 1. The van der Waals surface area contributed by atoms with Crippen molar-refractivity contribution in [2.75, 3.05) is 27.3 Å². The van der Waals surface area contributed by atoms with Crippen molar-refractivity contribution >= 4 is 24.0 Å². The van der Waals surface area contributed by atoms with Crippen molar-refractivity contribution in [3.05, 3.63) is 29.0 Å². The predicted molar refractivity (Wildman–Crippen MR) is 91.7 cm³/mol. The fourth-order valence-electron chi connectivity index (χ4n) is 2.44. The summed E-state index contributed by atoms with van der Waals surface area (Å²) in [4.78, 5) is 28.2. The second kappa shape index (κ2) is 11.0. The number of nitrogens with zero attached hydrogens (tertiary/aromatic N) is 2. The number of pyridine rings is 1. The Kier molecular flexibility index (Phi) is 9.34. The van der Waals surface area contributed by atoms with Gasteiger partial charge in [-0.05, 0) is 31.4 Å². The smallest absolute Gasteiger partial charge is 0.293 e. The maximum Gasteiger partial charge on any atom is 0.293 e. The molecule has 0 aliphatic rings. The first-order valence-electron chi connectivity index (χ1n) is 7.94. The zero-order chi connectivity index (χ0) is 17.9. The molecule has 1 heterocycles. The summed E-state index contributed by atoms with van der Waals surface area (Å²) in [6.45, 7) is 2.90. The van der Waals surface area contributed by atoms with E-state index in [1.54, 1.807) is 37.4 Å². The second-order valence-corrected chi connectivity index (χ2v) is 6.12. The number of amides is 1. The van der Waals surface area contributed by atoms with Crippen LogP contribution in [0.3, 0.4) is 0 Å². The van der Waals surface area contributed by atoms with E-state index in [4.69, 9.17) is 16.3 Å². The summed E-state index contributed by atoms with van der Waals surface area (Å²) < 4.78 is 10.1. The summed E-state index contributed by atoms with van der Waals surface area (Å²) >= 11 is 5.98. The summed E-state index contributed by atoms with van der Waals surface area (Å²) in [6, 6.07) is 3.52. The van der Waals surface area contributed by atoms with Crippen LogP contribution in [0.2, 0.25) is 5.02 Å². The molecule has 0 spiro atoms. The highest BCUT2D eigenvalue weighted by atomic mass is 35.5. The average molecular weight is 357 g/mol. The Morgan fingerprint density at radius 2 is 2.21 bits per heavy atom. The third-order valence-electron chi connectivity index (χ3n) is 3.87. The maximum atomic E-state index is 12.2. The van der Waals surface area contributed by atoms with E-state index < -0.39 is 0 Å². The van der Waals surface area contributed by atoms with E-state index in [1.807, 2.05) is 6.92 Å². The number of halogens is 1. The molecule has 0 fully saturated rings. The Labute approximate surface area is 148 Å². The summed E-state index contributed by atoms with van der Waals surface area (Å²) in [7, 11) is 3.35. The first-order valence-corrected chi connectivity index (χ1v) is 8.31. The van der Waals surface area contributed by atoms with Crippen molar-refractivity contribution in [1.29, 1.82) is 0 Å². The number of hydrogen-bond acceptors (Lipinski definition) is 5. The fraction of sp³-hybridized carbons (Fsp3) is 0.588. The molecule has 0 saturated heterocycles. The highest BCUT2D eigenvalue weighted by molar-refractivity contribution is 6.30. The molecule has 0 N–H and O–H groups in total. The first kappa shape index (κ1) is 20.4. The predicted octanol–water partition coefficient (Wildman–Crippen LogP) is 2.86. The van der Waals surface area contributed by atoms with Gasteiger partial charge in [-0.15, -0.1) is 0 Å². The lowest BCUT2D eigenvalue weighted by atomic mass is 10.00. The number of rotatable bonds is 11. The van der Waals surface area contributed by atoms with Gasteiger partial charge in [0.1, 0.15) is 6.61 Å². The Balaban J connectivity index is 2.41. The highest BCUT2D eigenvalue weighted by Gasteiger charge is 2.19. The van der Waals surface area contributed by atoms with Gasteiger partial charge in [-0.25, -0.2) is 0 Å². The monoisotopic (exact) mass is 356 g/mol. The normalized spacial score (nSPS) is 13.2. The zero-order valence-electron chi connectivity index (χ0n) is 14.4. The molecule has 1 rings (SSSR count). The minimum atomic E-state index is -0.135. The van der Waals surface area contributed by atoms with Crippen molar-refractivity contribution in [2.45, 2.75) is 32.3 Å². The van der Waals surface area contributed by atoms with Crippen LogP contribution >= 0.6 is 11.6 Å². The Morgan fingerprint density at radius 1 is 1.46 bits per heavy atom. The van der Waals surface area contributed by atoms with Crippen LogP contribution in [0, 0.1) is 5.92 Å². The molecule has 0 saturated carbocycles. The number of likely N-dealkylation sites (N-methyl/N-ethyl adjacent to an activating group) is 1. The molecule has 1 amide bonds. The van der Waals surface area contributed by atoms with Gasteiger partial charge in [0.2, 0.25) is 5.91 Å². The van der Waals surface area contributed by atoms with E-state index in [9.17, 15) is 9.59 Å². The number of hydrogen-bond donors (Lipinski definition) is 0. The van der Waals surface area contributed by atoms with Gasteiger partial charge in [0, 0.05) is 31.3 Å². The van der Waals surface area contributed by atoms with Crippen molar-refractivity contribution in [3.8, 4) is 0 Å². The summed E-state index contributed by atoms with van der Waals surface area (Å²) in [6.07, 6.45) is 3.87. The molecule has 134 valence electrons. The minimum absolute atomic E-state index is 0.0411. The molecular weight excluding hydrogens is 332 g/mol. The van der Waals surface area contributed by atoms with Gasteiger partial charge in [0.25, 0.3) is 6.47 Å².